The first kappa shape index (κ1) is 14.3. The van der Waals surface area contributed by atoms with Gasteiger partial charge in [-0.3, -0.25) is 4.79 Å². The van der Waals surface area contributed by atoms with Crippen molar-refractivity contribution in [3.8, 4) is 0 Å². The van der Waals surface area contributed by atoms with Gasteiger partial charge in [-0.2, -0.15) is 0 Å². The van der Waals surface area contributed by atoms with Gasteiger partial charge in [-0.25, -0.2) is 9.97 Å². The van der Waals surface area contributed by atoms with Gasteiger partial charge in [0.05, 0.1) is 5.56 Å². The predicted octanol–water partition coefficient (Wildman–Crippen LogP) is 3.26. The minimum absolute atomic E-state index is 0.202. The van der Waals surface area contributed by atoms with E-state index in [0.717, 1.165) is 12.8 Å². The van der Waals surface area contributed by atoms with E-state index in [0.29, 0.717) is 22.8 Å². The Morgan fingerprint density at radius 2 is 2.06 bits per heavy atom. The molecule has 0 radical (unpaired) electrons. The molecule has 17 heavy (non-hydrogen) atoms. The zero-order valence-electron chi connectivity index (χ0n) is 10.2. The van der Waals surface area contributed by atoms with E-state index >= 15 is 0 Å². The van der Waals surface area contributed by atoms with E-state index < -0.39 is 0 Å². The molecule has 0 fully saturated rings. The van der Waals surface area contributed by atoms with E-state index in [1.165, 1.54) is 11.8 Å². The van der Waals surface area contributed by atoms with Gasteiger partial charge in [0.1, 0.15) is 11.0 Å². The number of hydrogen-bond donors (Lipinski definition) is 1. The van der Waals surface area contributed by atoms with Crippen LogP contribution in [-0.2, 0) is 0 Å². The maximum absolute atomic E-state index is 11.0. The third kappa shape index (κ3) is 3.57. The average molecular weight is 274 g/mol. The Morgan fingerprint density at radius 3 is 2.53 bits per heavy atom. The van der Waals surface area contributed by atoms with Crippen LogP contribution in [0.15, 0.2) is 5.16 Å². The van der Waals surface area contributed by atoms with Gasteiger partial charge in [-0.05, 0) is 19.1 Å². The molecule has 0 spiro atoms. The molecule has 1 N–H and O–H groups in total. The van der Waals surface area contributed by atoms with Crippen molar-refractivity contribution in [2.24, 2.45) is 0 Å². The summed E-state index contributed by atoms with van der Waals surface area (Å²) in [5.41, 5.74) is 0.330. The number of aldehydes is 1. The molecular formula is C11H16ClN3OS. The fourth-order valence-corrected chi connectivity index (χ4v) is 2.04. The predicted molar refractivity (Wildman–Crippen MR) is 72.2 cm³/mol. The largest absolute Gasteiger partial charge is 0.367 e. The first-order valence-electron chi connectivity index (χ1n) is 5.49. The number of hydrogen-bond acceptors (Lipinski definition) is 5. The lowest BCUT2D eigenvalue weighted by Crippen LogP contribution is -2.19. The topological polar surface area (TPSA) is 54.9 Å². The summed E-state index contributed by atoms with van der Waals surface area (Å²) in [6.07, 6.45) is 4.49. The normalized spacial score (nSPS) is 10.6. The molecule has 0 saturated carbocycles. The second-order valence-electron chi connectivity index (χ2n) is 3.54. The van der Waals surface area contributed by atoms with Gasteiger partial charge < -0.3 is 5.32 Å². The number of anilines is 1. The third-order valence-electron chi connectivity index (χ3n) is 2.51. The lowest BCUT2D eigenvalue weighted by molar-refractivity contribution is 0.112. The highest BCUT2D eigenvalue weighted by Crippen LogP contribution is 2.23. The van der Waals surface area contributed by atoms with Crippen LogP contribution in [0.2, 0.25) is 5.15 Å². The van der Waals surface area contributed by atoms with Crippen LogP contribution in [0.3, 0.4) is 0 Å². The fourth-order valence-electron chi connectivity index (χ4n) is 1.41. The molecule has 0 aliphatic rings. The number of carbonyl (C=O) groups is 1. The Balaban J connectivity index is 3.10. The molecule has 0 aliphatic carbocycles. The number of carbonyl (C=O) groups excluding carboxylic acids is 1. The molecule has 1 heterocycles. The number of aromatic nitrogens is 2. The molecule has 0 aliphatic heterocycles. The minimum Gasteiger partial charge on any atom is -0.367 e. The van der Waals surface area contributed by atoms with Crippen LogP contribution in [0.4, 0.5) is 5.82 Å². The molecule has 1 rings (SSSR count). The molecule has 1 aromatic rings. The maximum atomic E-state index is 11.0. The Morgan fingerprint density at radius 1 is 1.41 bits per heavy atom. The Bertz CT molecular complexity index is 397. The van der Waals surface area contributed by atoms with E-state index in [4.69, 9.17) is 11.6 Å². The van der Waals surface area contributed by atoms with Crippen LogP contribution < -0.4 is 5.32 Å². The second kappa shape index (κ2) is 6.81. The average Bonchev–Trinajstić information content (AvgIpc) is 2.35. The van der Waals surface area contributed by atoms with Gasteiger partial charge in [-0.15, -0.1) is 0 Å². The zero-order valence-corrected chi connectivity index (χ0v) is 11.7. The molecule has 0 unspecified atom stereocenters. The highest BCUT2D eigenvalue weighted by molar-refractivity contribution is 7.98. The second-order valence-corrected chi connectivity index (χ2v) is 4.67. The van der Waals surface area contributed by atoms with E-state index in [-0.39, 0.29) is 11.2 Å². The lowest BCUT2D eigenvalue weighted by atomic mass is 10.1. The SMILES string of the molecule is CCC(CC)Nc1nc(SC)nc(Cl)c1C=O. The van der Waals surface area contributed by atoms with Crippen molar-refractivity contribution in [3.63, 3.8) is 0 Å². The molecule has 0 atom stereocenters. The first-order valence-corrected chi connectivity index (χ1v) is 7.09. The summed E-state index contributed by atoms with van der Waals surface area (Å²) in [6.45, 7) is 4.17. The maximum Gasteiger partial charge on any atom is 0.190 e. The monoisotopic (exact) mass is 273 g/mol. The lowest BCUT2D eigenvalue weighted by Gasteiger charge is -2.17. The number of nitrogens with zero attached hydrogens (tertiary/aromatic N) is 2. The van der Waals surface area contributed by atoms with E-state index in [1.54, 1.807) is 0 Å². The number of halogens is 1. The molecule has 4 nitrogen and oxygen atoms in total. The number of nitrogens with one attached hydrogen (secondary N) is 1. The molecule has 0 amide bonds. The molecule has 94 valence electrons. The van der Waals surface area contributed by atoms with Gasteiger partial charge in [0.2, 0.25) is 0 Å². The van der Waals surface area contributed by atoms with Gasteiger partial charge in [0.25, 0.3) is 0 Å². The van der Waals surface area contributed by atoms with Crippen LogP contribution in [0.1, 0.15) is 37.0 Å². The molecular weight excluding hydrogens is 258 g/mol. The van der Waals surface area contributed by atoms with Crippen LogP contribution >= 0.6 is 23.4 Å². The minimum atomic E-state index is 0.202. The molecule has 0 saturated heterocycles. The molecule has 1 aromatic heterocycles. The summed E-state index contributed by atoms with van der Waals surface area (Å²) in [5.74, 6) is 0.526. The van der Waals surface area contributed by atoms with Crippen molar-refractivity contribution in [1.82, 2.24) is 9.97 Å². The summed E-state index contributed by atoms with van der Waals surface area (Å²) < 4.78 is 0. The van der Waals surface area contributed by atoms with Gasteiger partial charge in [0, 0.05) is 6.04 Å². The van der Waals surface area contributed by atoms with Crippen molar-refractivity contribution in [2.75, 3.05) is 11.6 Å². The highest BCUT2D eigenvalue weighted by atomic mass is 35.5. The van der Waals surface area contributed by atoms with Crippen molar-refractivity contribution in [3.05, 3.63) is 10.7 Å². The smallest absolute Gasteiger partial charge is 0.190 e. The molecule has 6 heteroatoms. The van der Waals surface area contributed by atoms with E-state index in [2.05, 4.69) is 29.1 Å². The van der Waals surface area contributed by atoms with E-state index in [9.17, 15) is 4.79 Å². The van der Waals surface area contributed by atoms with Crippen LogP contribution in [0.25, 0.3) is 0 Å². The Hall–Kier alpha value is -0.810. The first-order chi connectivity index (χ1) is 8.15. The van der Waals surface area contributed by atoms with Gasteiger partial charge in [0.15, 0.2) is 11.4 Å². The van der Waals surface area contributed by atoms with E-state index in [1.807, 2.05) is 6.26 Å². The zero-order chi connectivity index (χ0) is 12.8. The Labute approximate surface area is 111 Å². The third-order valence-corrected chi connectivity index (χ3v) is 3.34. The van der Waals surface area contributed by atoms with Crippen molar-refractivity contribution < 1.29 is 4.79 Å². The van der Waals surface area contributed by atoms with Gasteiger partial charge >= 0.3 is 0 Å². The van der Waals surface area contributed by atoms with Crippen LogP contribution in [-0.4, -0.2) is 28.6 Å². The number of thioether (sulfide) groups is 1. The standard InChI is InChI=1S/C11H16ClN3OS/c1-4-7(5-2)13-10-8(6-16)9(12)14-11(15-10)17-3/h6-7H,4-5H2,1-3H3,(H,13,14,15). The summed E-state index contributed by atoms with van der Waals surface area (Å²) in [4.78, 5) is 19.3. The van der Waals surface area contributed by atoms with Crippen molar-refractivity contribution >= 4 is 35.5 Å². The Kier molecular flexibility index (Phi) is 5.71. The van der Waals surface area contributed by atoms with Crippen molar-refractivity contribution in [1.29, 1.82) is 0 Å². The van der Waals surface area contributed by atoms with Crippen LogP contribution in [0, 0.1) is 0 Å². The molecule has 0 bridgehead atoms. The summed E-state index contributed by atoms with van der Waals surface area (Å²) >= 11 is 7.34. The summed E-state index contributed by atoms with van der Waals surface area (Å²) in [7, 11) is 0. The fraction of sp³-hybridized carbons (Fsp3) is 0.545. The van der Waals surface area contributed by atoms with Gasteiger partial charge in [-0.1, -0.05) is 37.2 Å². The van der Waals surface area contributed by atoms with Crippen molar-refractivity contribution in [2.45, 2.75) is 37.9 Å². The van der Waals surface area contributed by atoms with Crippen LogP contribution in [0.5, 0.6) is 0 Å². The quantitative estimate of drug-likeness (QED) is 0.373. The summed E-state index contributed by atoms with van der Waals surface area (Å²) in [5, 5.41) is 4.00. The highest BCUT2D eigenvalue weighted by Gasteiger charge is 2.14. The summed E-state index contributed by atoms with van der Waals surface area (Å²) in [6, 6.07) is 0.286. The molecule has 0 aromatic carbocycles. The number of rotatable bonds is 6.